The lowest BCUT2D eigenvalue weighted by atomic mass is 9.45. The lowest BCUT2D eigenvalue weighted by Crippen LogP contribution is -2.54. The third-order valence-corrected chi connectivity index (χ3v) is 10.2. The Morgan fingerprint density at radius 2 is 1.77 bits per heavy atom. The summed E-state index contributed by atoms with van der Waals surface area (Å²) in [5, 5.41) is 0. The summed E-state index contributed by atoms with van der Waals surface area (Å²) < 4.78 is 6.36. The fraction of sp³-hybridized carbons (Fsp3) is 0.714. The van der Waals surface area contributed by atoms with Crippen LogP contribution in [0.15, 0.2) is 30.3 Å². The molecule has 1 aromatic rings. The molecule has 4 fully saturated rings. The maximum atomic E-state index is 13.1. The molecule has 8 unspecified atom stereocenters. The third-order valence-electron chi connectivity index (χ3n) is 10.2. The molecule has 4 aliphatic rings. The molecular formula is C28H38O3. The van der Waals surface area contributed by atoms with Gasteiger partial charge in [0.05, 0.1) is 18.6 Å². The highest BCUT2D eigenvalue weighted by molar-refractivity contribution is 6.05. The first-order valence-electron chi connectivity index (χ1n) is 12.5. The van der Waals surface area contributed by atoms with Gasteiger partial charge in [-0.3, -0.25) is 9.59 Å². The molecular weight excluding hydrogens is 384 g/mol. The Kier molecular flexibility index (Phi) is 5.40. The van der Waals surface area contributed by atoms with Crippen molar-refractivity contribution in [3.05, 3.63) is 35.9 Å². The number of carbonyl (C=O) groups excluding carboxylic acids is 2. The maximum absolute atomic E-state index is 13.1. The molecule has 0 amide bonds. The average molecular weight is 423 g/mol. The SMILES string of the molecule is CC(=O)C1CC2C3CCC4CC(OCc5ccccc5)CCC4(C)C3CCC2(C)C1=O. The average Bonchev–Trinajstić information content (AvgIpc) is 3.04. The molecule has 3 nitrogen and oxygen atoms in total. The highest BCUT2D eigenvalue weighted by Crippen LogP contribution is 2.66. The van der Waals surface area contributed by atoms with Crippen LogP contribution in [0.2, 0.25) is 0 Å². The van der Waals surface area contributed by atoms with Gasteiger partial charge in [0.15, 0.2) is 0 Å². The van der Waals surface area contributed by atoms with E-state index in [2.05, 4.69) is 44.2 Å². The Morgan fingerprint density at radius 3 is 2.52 bits per heavy atom. The van der Waals surface area contributed by atoms with Crippen molar-refractivity contribution in [2.75, 3.05) is 0 Å². The zero-order valence-corrected chi connectivity index (χ0v) is 19.4. The lowest BCUT2D eigenvalue weighted by molar-refractivity contribution is -0.147. The second kappa shape index (κ2) is 7.83. The molecule has 0 bridgehead atoms. The molecule has 3 heteroatoms. The Hall–Kier alpha value is -1.48. The molecule has 0 heterocycles. The molecule has 4 saturated carbocycles. The van der Waals surface area contributed by atoms with Crippen molar-refractivity contribution in [1.29, 1.82) is 0 Å². The number of carbonyl (C=O) groups is 2. The van der Waals surface area contributed by atoms with Crippen LogP contribution in [0, 0.1) is 40.4 Å². The smallest absolute Gasteiger partial charge is 0.149 e. The minimum absolute atomic E-state index is 0.0909. The van der Waals surface area contributed by atoms with E-state index >= 15 is 0 Å². The standard InChI is InChI=1S/C28H38O3/c1-18(29)23-16-25-22-10-9-20-15-21(31-17-19-7-5-4-6-8-19)11-13-27(20,2)24(22)12-14-28(25,3)26(23)30/h4-8,20-25H,9-17H2,1-3H3. The first-order chi connectivity index (χ1) is 14.8. The number of hydrogen-bond donors (Lipinski definition) is 0. The van der Waals surface area contributed by atoms with E-state index in [1.54, 1.807) is 6.92 Å². The van der Waals surface area contributed by atoms with E-state index < -0.39 is 0 Å². The van der Waals surface area contributed by atoms with Gasteiger partial charge in [-0.05, 0) is 92.9 Å². The summed E-state index contributed by atoms with van der Waals surface area (Å²) in [6, 6.07) is 10.5. The van der Waals surface area contributed by atoms with Gasteiger partial charge in [0.25, 0.3) is 0 Å². The van der Waals surface area contributed by atoms with Crippen LogP contribution in [0.4, 0.5) is 0 Å². The fourth-order valence-electron chi connectivity index (χ4n) is 8.33. The molecule has 0 N–H and O–H groups in total. The van der Waals surface area contributed by atoms with Crippen LogP contribution < -0.4 is 0 Å². The summed E-state index contributed by atoms with van der Waals surface area (Å²) in [6.45, 7) is 7.07. The van der Waals surface area contributed by atoms with E-state index in [4.69, 9.17) is 4.74 Å². The number of hydrogen-bond acceptors (Lipinski definition) is 3. The van der Waals surface area contributed by atoms with Crippen molar-refractivity contribution in [1.82, 2.24) is 0 Å². The van der Waals surface area contributed by atoms with Gasteiger partial charge in [-0.2, -0.15) is 0 Å². The summed E-state index contributed by atoms with van der Waals surface area (Å²) in [5.41, 5.74) is 1.38. The van der Waals surface area contributed by atoms with Crippen molar-refractivity contribution < 1.29 is 14.3 Å². The van der Waals surface area contributed by atoms with Crippen LogP contribution in [-0.4, -0.2) is 17.7 Å². The maximum Gasteiger partial charge on any atom is 0.149 e. The van der Waals surface area contributed by atoms with E-state index in [-0.39, 0.29) is 22.9 Å². The molecule has 31 heavy (non-hydrogen) atoms. The molecule has 0 saturated heterocycles. The molecule has 5 rings (SSSR count). The first-order valence-corrected chi connectivity index (χ1v) is 12.5. The van der Waals surface area contributed by atoms with Crippen molar-refractivity contribution in [3.8, 4) is 0 Å². The third kappa shape index (κ3) is 3.43. The van der Waals surface area contributed by atoms with Gasteiger partial charge in [0.1, 0.15) is 11.6 Å². The monoisotopic (exact) mass is 422 g/mol. The molecule has 0 radical (unpaired) electrons. The normalized spacial score (nSPS) is 44.3. The summed E-state index contributed by atoms with van der Waals surface area (Å²) in [6.07, 6.45) is 9.40. The van der Waals surface area contributed by atoms with Crippen LogP contribution in [-0.2, 0) is 20.9 Å². The second-order valence-corrected chi connectivity index (χ2v) is 11.6. The fourth-order valence-corrected chi connectivity index (χ4v) is 8.33. The van der Waals surface area contributed by atoms with Gasteiger partial charge >= 0.3 is 0 Å². The Bertz CT molecular complexity index is 847. The van der Waals surface area contributed by atoms with Crippen LogP contribution in [0.1, 0.15) is 77.7 Å². The molecule has 4 aliphatic carbocycles. The van der Waals surface area contributed by atoms with E-state index in [0.29, 0.717) is 29.3 Å². The summed E-state index contributed by atoms with van der Waals surface area (Å²) >= 11 is 0. The molecule has 0 aliphatic heterocycles. The van der Waals surface area contributed by atoms with Crippen LogP contribution >= 0.6 is 0 Å². The minimum Gasteiger partial charge on any atom is -0.374 e. The number of benzene rings is 1. The summed E-state index contributed by atoms with van der Waals surface area (Å²) in [5.74, 6) is 2.49. The van der Waals surface area contributed by atoms with Crippen molar-refractivity contribution >= 4 is 11.6 Å². The Balaban J connectivity index is 1.28. The van der Waals surface area contributed by atoms with Crippen LogP contribution in [0.3, 0.4) is 0 Å². The predicted molar refractivity (Wildman–Crippen MR) is 121 cm³/mol. The summed E-state index contributed by atoms with van der Waals surface area (Å²) in [4.78, 5) is 25.3. The Morgan fingerprint density at radius 1 is 1.00 bits per heavy atom. The van der Waals surface area contributed by atoms with Gasteiger partial charge in [-0.15, -0.1) is 0 Å². The molecule has 1 aromatic carbocycles. The first kappa shape index (κ1) is 21.4. The molecule has 0 spiro atoms. The molecule has 0 aromatic heterocycles. The lowest BCUT2D eigenvalue weighted by Gasteiger charge is -2.60. The number of ether oxygens (including phenoxy) is 1. The van der Waals surface area contributed by atoms with E-state index in [1.165, 1.54) is 31.2 Å². The van der Waals surface area contributed by atoms with Crippen molar-refractivity contribution in [2.45, 2.75) is 84.8 Å². The summed E-state index contributed by atoms with van der Waals surface area (Å²) in [7, 11) is 0. The molecule has 168 valence electrons. The number of rotatable bonds is 4. The van der Waals surface area contributed by atoms with Crippen LogP contribution in [0.5, 0.6) is 0 Å². The zero-order valence-electron chi connectivity index (χ0n) is 19.4. The van der Waals surface area contributed by atoms with E-state index in [0.717, 1.165) is 38.2 Å². The van der Waals surface area contributed by atoms with E-state index in [1.807, 2.05) is 0 Å². The number of ketones is 2. The van der Waals surface area contributed by atoms with Gasteiger partial charge in [-0.1, -0.05) is 44.2 Å². The number of fused-ring (bicyclic) bond motifs is 5. The topological polar surface area (TPSA) is 43.4 Å². The molecule has 8 atom stereocenters. The minimum atomic E-state index is -0.332. The quantitative estimate of drug-likeness (QED) is 0.559. The van der Waals surface area contributed by atoms with Gasteiger partial charge in [-0.25, -0.2) is 0 Å². The van der Waals surface area contributed by atoms with Gasteiger partial charge in [0, 0.05) is 5.41 Å². The largest absolute Gasteiger partial charge is 0.374 e. The highest BCUT2D eigenvalue weighted by Gasteiger charge is 2.62. The van der Waals surface area contributed by atoms with Crippen molar-refractivity contribution in [3.63, 3.8) is 0 Å². The zero-order chi connectivity index (χ0) is 21.8. The second-order valence-electron chi connectivity index (χ2n) is 11.6. The highest BCUT2D eigenvalue weighted by atomic mass is 16.5. The van der Waals surface area contributed by atoms with E-state index in [9.17, 15) is 9.59 Å². The van der Waals surface area contributed by atoms with Gasteiger partial charge < -0.3 is 4.74 Å². The predicted octanol–water partition coefficient (Wildman–Crippen LogP) is 6.00. The van der Waals surface area contributed by atoms with Crippen molar-refractivity contribution in [2.24, 2.45) is 40.4 Å². The van der Waals surface area contributed by atoms with Gasteiger partial charge in [0.2, 0.25) is 0 Å². The Labute approximate surface area is 187 Å². The van der Waals surface area contributed by atoms with Crippen LogP contribution in [0.25, 0.3) is 0 Å². The number of Topliss-reactive ketones (excluding diaryl/α,β-unsaturated/α-hetero) is 2.